The van der Waals surface area contributed by atoms with Gasteiger partial charge >= 0.3 is 0 Å². The van der Waals surface area contributed by atoms with Crippen molar-refractivity contribution in [2.45, 2.75) is 26.0 Å². The zero-order valence-corrected chi connectivity index (χ0v) is 16.9. The molecule has 0 bridgehead atoms. The molecule has 1 aliphatic heterocycles. The largest absolute Gasteiger partial charge is 0.491 e. The summed E-state index contributed by atoms with van der Waals surface area (Å²) in [6.07, 6.45) is 0.175. The van der Waals surface area contributed by atoms with Gasteiger partial charge in [-0.1, -0.05) is 29.8 Å². The first kappa shape index (κ1) is 20.0. The second kappa shape index (κ2) is 8.10. The number of rotatable bonds is 6. The Morgan fingerprint density at radius 1 is 1.25 bits per heavy atom. The topological polar surface area (TPSA) is 84.9 Å². The Morgan fingerprint density at radius 3 is 2.61 bits per heavy atom. The molecule has 0 aromatic heterocycles. The quantitative estimate of drug-likeness (QED) is 0.797. The first-order chi connectivity index (χ1) is 13.2. The van der Waals surface area contributed by atoms with Gasteiger partial charge in [-0.15, -0.1) is 0 Å². The molecule has 1 amide bonds. The molecule has 2 aromatic carbocycles. The molecule has 0 radical (unpaired) electrons. The van der Waals surface area contributed by atoms with Gasteiger partial charge in [0.15, 0.2) is 6.10 Å². The van der Waals surface area contributed by atoms with Crippen LogP contribution in [0.15, 0.2) is 48.5 Å². The van der Waals surface area contributed by atoms with E-state index in [-0.39, 0.29) is 25.1 Å². The SMILES string of the molecule is Cc1ccc(OC[C@@H](C)NC(=O)[C@H]2CN(S(C)(=O)=O)c3ccccc3O2)cc1. The molecule has 0 spiro atoms. The summed E-state index contributed by atoms with van der Waals surface area (Å²) in [5.74, 6) is 0.698. The third kappa shape index (κ3) is 4.75. The highest BCUT2D eigenvalue weighted by Crippen LogP contribution is 2.34. The monoisotopic (exact) mass is 404 g/mol. The van der Waals surface area contributed by atoms with E-state index in [0.717, 1.165) is 17.6 Å². The maximum Gasteiger partial charge on any atom is 0.263 e. The number of fused-ring (bicyclic) bond motifs is 1. The predicted octanol–water partition coefficient (Wildman–Crippen LogP) is 2.11. The fraction of sp³-hybridized carbons (Fsp3) is 0.350. The first-order valence-electron chi connectivity index (χ1n) is 8.97. The van der Waals surface area contributed by atoms with Gasteiger partial charge in [0.05, 0.1) is 24.5 Å². The van der Waals surface area contributed by atoms with E-state index in [9.17, 15) is 13.2 Å². The number of benzene rings is 2. The van der Waals surface area contributed by atoms with Crippen molar-refractivity contribution in [2.24, 2.45) is 0 Å². The molecule has 2 aromatic rings. The lowest BCUT2D eigenvalue weighted by Gasteiger charge is -2.34. The van der Waals surface area contributed by atoms with E-state index in [1.54, 1.807) is 24.3 Å². The van der Waals surface area contributed by atoms with Gasteiger partial charge in [0.25, 0.3) is 5.91 Å². The van der Waals surface area contributed by atoms with Crippen LogP contribution in [0.1, 0.15) is 12.5 Å². The number of nitrogens with zero attached hydrogens (tertiary/aromatic N) is 1. The van der Waals surface area contributed by atoms with Crippen LogP contribution < -0.4 is 19.1 Å². The maximum atomic E-state index is 12.6. The molecule has 8 heteroatoms. The summed E-state index contributed by atoms with van der Waals surface area (Å²) < 4.78 is 36.9. The van der Waals surface area contributed by atoms with Gasteiger partial charge in [-0.2, -0.15) is 0 Å². The molecular formula is C20H24N2O5S. The fourth-order valence-corrected chi connectivity index (χ4v) is 3.80. The zero-order chi connectivity index (χ0) is 20.3. The van der Waals surface area contributed by atoms with E-state index >= 15 is 0 Å². The van der Waals surface area contributed by atoms with Gasteiger partial charge in [-0.05, 0) is 38.1 Å². The summed E-state index contributed by atoms with van der Waals surface area (Å²) in [4.78, 5) is 12.6. The van der Waals surface area contributed by atoms with Gasteiger partial charge in [-0.25, -0.2) is 8.42 Å². The van der Waals surface area contributed by atoms with Crippen LogP contribution in [0.4, 0.5) is 5.69 Å². The number of para-hydroxylation sites is 2. The van der Waals surface area contributed by atoms with Crippen molar-refractivity contribution in [1.82, 2.24) is 5.32 Å². The van der Waals surface area contributed by atoms with Gasteiger partial charge in [-0.3, -0.25) is 9.10 Å². The Morgan fingerprint density at radius 2 is 1.93 bits per heavy atom. The van der Waals surface area contributed by atoms with E-state index in [1.165, 1.54) is 4.31 Å². The normalized spacial score (nSPS) is 17.2. The standard InChI is InChI=1S/C20H24N2O5S/c1-14-8-10-16(11-9-14)26-13-15(2)21-20(23)19-12-22(28(3,24)25)17-6-4-5-7-18(17)27-19/h4-11,15,19H,12-13H2,1-3H3,(H,21,23)/t15-,19-/m1/s1. The van der Waals surface area contributed by atoms with Gasteiger partial charge < -0.3 is 14.8 Å². The van der Waals surface area contributed by atoms with Crippen molar-refractivity contribution in [3.63, 3.8) is 0 Å². The molecule has 1 heterocycles. The number of carbonyl (C=O) groups excluding carboxylic acids is 1. The van der Waals surface area contributed by atoms with Crippen LogP contribution in [0.2, 0.25) is 0 Å². The molecule has 7 nitrogen and oxygen atoms in total. The summed E-state index contributed by atoms with van der Waals surface area (Å²) in [5.41, 5.74) is 1.57. The van der Waals surface area contributed by atoms with Crippen molar-refractivity contribution in [1.29, 1.82) is 0 Å². The molecule has 2 atom stereocenters. The van der Waals surface area contributed by atoms with E-state index in [4.69, 9.17) is 9.47 Å². The van der Waals surface area contributed by atoms with E-state index in [0.29, 0.717) is 11.4 Å². The van der Waals surface area contributed by atoms with Crippen LogP contribution in [-0.2, 0) is 14.8 Å². The third-order valence-corrected chi connectivity index (χ3v) is 5.48. The Balaban J connectivity index is 1.63. The number of nitrogens with one attached hydrogen (secondary N) is 1. The minimum atomic E-state index is -3.54. The fourth-order valence-electron chi connectivity index (χ4n) is 2.89. The number of hydrogen-bond acceptors (Lipinski definition) is 5. The van der Waals surface area contributed by atoms with Crippen LogP contribution in [0, 0.1) is 6.92 Å². The lowest BCUT2D eigenvalue weighted by atomic mass is 10.2. The summed E-state index contributed by atoms with van der Waals surface area (Å²) in [6.45, 7) is 4.02. The van der Waals surface area contributed by atoms with Crippen molar-refractivity contribution in [3.05, 3.63) is 54.1 Å². The summed E-state index contributed by atoms with van der Waals surface area (Å²) in [5, 5.41) is 2.82. The summed E-state index contributed by atoms with van der Waals surface area (Å²) in [7, 11) is -3.54. The lowest BCUT2D eigenvalue weighted by molar-refractivity contribution is -0.128. The predicted molar refractivity (Wildman–Crippen MR) is 107 cm³/mol. The Kier molecular flexibility index (Phi) is 5.79. The van der Waals surface area contributed by atoms with Crippen LogP contribution >= 0.6 is 0 Å². The maximum absolute atomic E-state index is 12.6. The Labute approximate surface area is 165 Å². The van der Waals surface area contributed by atoms with Gasteiger partial charge in [0.2, 0.25) is 10.0 Å². The van der Waals surface area contributed by atoms with Crippen LogP contribution in [0.5, 0.6) is 11.5 Å². The molecule has 1 N–H and O–H groups in total. The highest BCUT2D eigenvalue weighted by Gasteiger charge is 2.35. The van der Waals surface area contributed by atoms with Crippen molar-refractivity contribution < 1.29 is 22.7 Å². The molecule has 1 aliphatic rings. The van der Waals surface area contributed by atoms with Crippen molar-refractivity contribution in [2.75, 3.05) is 23.7 Å². The highest BCUT2D eigenvalue weighted by molar-refractivity contribution is 7.92. The third-order valence-electron chi connectivity index (χ3n) is 4.34. The van der Waals surface area contributed by atoms with E-state index in [1.807, 2.05) is 38.1 Å². The van der Waals surface area contributed by atoms with Gasteiger partial charge in [0.1, 0.15) is 18.1 Å². The number of amides is 1. The summed E-state index contributed by atoms with van der Waals surface area (Å²) in [6, 6.07) is 14.1. The number of ether oxygens (including phenoxy) is 2. The molecule has 28 heavy (non-hydrogen) atoms. The van der Waals surface area contributed by atoms with E-state index < -0.39 is 16.1 Å². The van der Waals surface area contributed by atoms with Crippen molar-refractivity contribution >= 4 is 21.6 Å². The molecule has 0 unspecified atom stereocenters. The minimum Gasteiger partial charge on any atom is -0.491 e. The molecule has 0 aliphatic carbocycles. The molecule has 3 rings (SSSR count). The van der Waals surface area contributed by atoms with Gasteiger partial charge in [0, 0.05) is 0 Å². The second-order valence-electron chi connectivity index (χ2n) is 6.90. The van der Waals surface area contributed by atoms with Crippen molar-refractivity contribution in [3.8, 4) is 11.5 Å². The number of carbonyl (C=O) groups is 1. The smallest absolute Gasteiger partial charge is 0.263 e. The molecule has 150 valence electrons. The molecule has 0 saturated carbocycles. The highest BCUT2D eigenvalue weighted by atomic mass is 32.2. The number of sulfonamides is 1. The zero-order valence-electron chi connectivity index (χ0n) is 16.1. The molecular weight excluding hydrogens is 380 g/mol. The van der Waals surface area contributed by atoms with Crippen LogP contribution in [0.25, 0.3) is 0 Å². The average Bonchev–Trinajstić information content (AvgIpc) is 2.66. The van der Waals surface area contributed by atoms with Crippen LogP contribution in [-0.4, -0.2) is 45.9 Å². The second-order valence-corrected chi connectivity index (χ2v) is 8.81. The van der Waals surface area contributed by atoms with E-state index in [2.05, 4.69) is 5.32 Å². The lowest BCUT2D eigenvalue weighted by Crippen LogP contribution is -2.52. The number of anilines is 1. The van der Waals surface area contributed by atoms with Crippen LogP contribution in [0.3, 0.4) is 0 Å². The molecule has 0 saturated heterocycles. The summed E-state index contributed by atoms with van der Waals surface area (Å²) >= 11 is 0. The number of hydrogen-bond donors (Lipinski definition) is 1. The minimum absolute atomic E-state index is 0.0762. The Bertz CT molecular complexity index is 943. The molecule has 0 fully saturated rings. The average molecular weight is 404 g/mol. The Hall–Kier alpha value is -2.74. The number of aryl methyl sites for hydroxylation is 1. The first-order valence-corrected chi connectivity index (χ1v) is 10.8.